The van der Waals surface area contributed by atoms with Gasteiger partial charge >= 0.3 is 0 Å². The number of nitrogens with one attached hydrogen (secondary N) is 2. The number of benzene rings is 1. The predicted molar refractivity (Wildman–Crippen MR) is 140 cm³/mol. The number of amides is 1. The normalized spacial score (nSPS) is 34.5. The Labute approximate surface area is 219 Å². The van der Waals surface area contributed by atoms with E-state index in [9.17, 15) is 9.18 Å². The maximum Gasteiger partial charge on any atom is 0.273 e. The topological polar surface area (TPSA) is 46.5 Å². The second-order valence-electron chi connectivity index (χ2n) is 11.6. The molecule has 6 heteroatoms. The molecule has 4 aliphatic rings. The van der Waals surface area contributed by atoms with Gasteiger partial charge in [0.2, 0.25) is 5.91 Å². The predicted octanol–water partition coefficient (Wildman–Crippen LogP) is 5.25. The Hall–Kier alpha value is -1.98. The van der Waals surface area contributed by atoms with Crippen LogP contribution in [0.4, 0.5) is 4.39 Å². The van der Waals surface area contributed by atoms with Crippen molar-refractivity contribution in [2.75, 3.05) is 19.6 Å². The van der Waals surface area contributed by atoms with E-state index in [1.807, 2.05) is 6.07 Å². The van der Waals surface area contributed by atoms with Crippen molar-refractivity contribution in [1.82, 2.24) is 10.2 Å². The number of alkyl halides is 1. The molecule has 1 spiro atoms. The average molecular weight is 511 g/mol. The van der Waals surface area contributed by atoms with Crippen LogP contribution in [-0.2, 0) is 16.6 Å². The third kappa shape index (κ3) is 4.36. The first kappa shape index (κ1) is 24.4. The SMILES string of the molecule is O=C(C1CNC[C@]12CCCc1[nH+]c(Cl)ccc12)N1CCC(c2ccccc2)C[C@H]1C1CCC(F)CC1. The molecule has 0 radical (unpaired) electrons. The first-order valence-corrected chi connectivity index (χ1v) is 14.3. The maximum absolute atomic E-state index is 14.5. The van der Waals surface area contributed by atoms with Gasteiger partial charge in [0.05, 0.1) is 5.92 Å². The summed E-state index contributed by atoms with van der Waals surface area (Å²) in [7, 11) is 0. The van der Waals surface area contributed by atoms with E-state index < -0.39 is 6.17 Å². The van der Waals surface area contributed by atoms with Gasteiger partial charge in [-0.2, -0.15) is 4.98 Å². The number of carbonyl (C=O) groups is 1. The second-order valence-corrected chi connectivity index (χ2v) is 12.0. The Bertz CT molecular complexity index is 1090. The minimum absolute atomic E-state index is 0.0700. The smallest absolute Gasteiger partial charge is 0.273 e. The number of H-pyrrole nitrogens is 1. The fraction of sp³-hybridized carbons (Fsp3) is 0.600. The van der Waals surface area contributed by atoms with E-state index in [2.05, 4.69) is 51.6 Å². The molecule has 2 N–H and O–H groups in total. The summed E-state index contributed by atoms with van der Waals surface area (Å²) in [5, 5.41) is 4.26. The lowest BCUT2D eigenvalue weighted by Crippen LogP contribution is -2.55. The van der Waals surface area contributed by atoms with Crippen LogP contribution < -0.4 is 10.3 Å². The molecule has 1 aromatic heterocycles. The Morgan fingerprint density at radius 1 is 1.08 bits per heavy atom. The third-order valence-corrected chi connectivity index (χ3v) is 10.00. The molecule has 192 valence electrons. The first-order valence-electron chi connectivity index (χ1n) is 14.0. The van der Waals surface area contributed by atoms with Gasteiger partial charge in [-0.25, -0.2) is 4.39 Å². The van der Waals surface area contributed by atoms with Gasteiger partial charge in [-0.1, -0.05) is 30.3 Å². The Morgan fingerprint density at radius 2 is 1.89 bits per heavy atom. The summed E-state index contributed by atoms with van der Waals surface area (Å²) in [5.41, 5.74) is 3.66. The molecule has 3 fully saturated rings. The highest BCUT2D eigenvalue weighted by Crippen LogP contribution is 2.47. The lowest BCUT2D eigenvalue weighted by molar-refractivity contribution is -0.390. The van der Waals surface area contributed by atoms with Gasteiger partial charge in [0.1, 0.15) is 6.17 Å². The summed E-state index contributed by atoms with van der Waals surface area (Å²) >= 11 is 6.30. The van der Waals surface area contributed by atoms with Gasteiger partial charge in [-0.3, -0.25) is 4.79 Å². The Kier molecular flexibility index (Phi) is 6.81. The second kappa shape index (κ2) is 10.1. The van der Waals surface area contributed by atoms with Crippen LogP contribution in [0.25, 0.3) is 0 Å². The highest BCUT2D eigenvalue weighted by molar-refractivity contribution is 6.28. The minimum Gasteiger partial charge on any atom is -0.339 e. The molecule has 6 rings (SSSR count). The zero-order valence-corrected chi connectivity index (χ0v) is 21.8. The molecule has 2 unspecified atom stereocenters. The van der Waals surface area contributed by atoms with Crippen molar-refractivity contribution in [2.45, 2.75) is 81.3 Å². The van der Waals surface area contributed by atoms with Crippen molar-refractivity contribution >= 4 is 17.5 Å². The molecule has 1 amide bonds. The van der Waals surface area contributed by atoms with Crippen molar-refractivity contribution < 1.29 is 14.2 Å². The van der Waals surface area contributed by atoms with Crippen LogP contribution in [0, 0.1) is 11.8 Å². The molecular weight excluding hydrogens is 473 g/mol. The molecule has 1 aromatic carbocycles. The number of carbonyl (C=O) groups excluding carboxylic acids is 1. The van der Waals surface area contributed by atoms with Gasteiger partial charge < -0.3 is 10.2 Å². The zero-order valence-electron chi connectivity index (χ0n) is 21.0. The largest absolute Gasteiger partial charge is 0.339 e. The molecule has 4 nitrogen and oxygen atoms in total. The van der Waals surface area contributed by atoms with Crippen LogP contribution in [0.3, 0.4) is 0 Å². The number of fused-ring (bicyclic) bond motifs is 2. The molecule has 4 atom stereocenters. The number of aromatic amines is 1. The number of piperidine rings is 1. The van der Waals surface area contributed by atoms with Gasteiger partial charge in [0, 0.05) is 49.1 Å². The number of aromatic nitrogens is 1. The molecular formula is C30H38ClFN3O+. The van der Waals surface area contributed by atoms with Crippen LogP contribution in [0.15, 0.2) is 42.5 Å². The molecule has 2 aliphatic carbocycles. The highest BCUT2D eigenvalue weighted by Gasteiger charge is 2.53. The van der Waals surface area contributed by atoms with Gasteiger partial charge in [-0.05, 0) is 86.4 Å². The van der Waals surface area contributed by atoms with Crippen molar-refractivity contribution in [3.05, 3.63) is 64.4 Å². The fourth-order valence-corrected chi connectivity index (χ4v) is 8.10. The van der Waals surface area contributed by atoms with Crippen LogP contribution in [-0.4, -0.2) is 42.7 Å². The number of pyridine rings is 1. The number of halogens is 2. The quantitative estimate of drug-likeness (QED) is 0.573. The Morgan fingerprint density at radius 3 is 2.69 bits per heavy atom. The first-order chi connectivity index (χ1) is 17.5. The van der Waals surface area contributed by atoms with E-state index in [0.717, 1.165) is 64.6 Å². The van der Waals surface area contributed by atoms with E-state index in [4.69, 9.17) is 11.6 Å². The summed E-state index contributed by atoms with van der Waals surface area (Å²) in [6.45, 7) is 2.36. The summed E-state index contributed by atoms with van der Waals surface area (Å²) in [5.74, 6) is 1.09. The minimum atomic E-state index is -0.678. The number of likely N-dealkylation sites (tertiary alicyclic amines) is 1. The molecule has 3 heterocycles. The molecule has 36 heavy (non-hydrogen) atoms. The van der Waals surface area contributed by atoms with Gasteiger partial charge in [0.15, 0.2) is 5.69 Å². The molecule has 2 aromatic rings. The van der Waals surface area contributed by atoms with Crippen molar-refractivity contribution in [3.8, 4) is 0 Å². The Balaban J connectivity index is 1.30. The average Bonchev–Trinajstić information content (AvgIpc) is 3.32. The van der Waals surface area contributed by atoms with Crippen molar-refractivity contribution in [3.63, 3.8) is 0 Å². The fourth-order valence-electron chi connectivity index (χ4n) is 7.93. The lowest BCUT2D eigenvalue weighted by Gasteiger charge is -2.47. The van der Waals surface area contributed by atoms with E-state index in [1.54, 1.807) is 0 Å². The highest BCUT2D eigenvalue weighted by atomic mass is 35.5. The van der Waals surface area contributed by atoms with E-state index in [0.29, 0.717) is 35.7 Å². The van der Waals surface area contributed by atoms with Gasteiger partial charge in [0.25, 0.3) is 5.15 Å². The summed E-state index contributed by atoms with van der Waals surface area (Å²) in [6, 6.07) is 15.1. The van der Waals surface area contributed by atoms with Crippen LogP contribution in [0.2, 0.25) is 5.15 Å². The number of aryl methyl sites for hydroxylation is 1. The molecule has 2 aliphatic heterocycles. The standard InChI is InChI=1S/C30H37ClFN3O/c31-28-13-12-24-26(34-28)7-4-15-30(24)19-33-18-25(30)29(36)35-16-14-22(20-5-2-1-3-6-20)17-27(35)21-8-10-23(32)11-9-21/h1-3,5-6,12-13,21-23,25,27,33H,4,7-11,14-19H2/p+1/t21?,22?,23?,25?,27-,30-/m0/s1. The monoisotopic (exact) mass is 510 g/mol. The number of hydrogen-bond donors (Lipinski definition) is 1. The third-order valence-electron chi connectivity index (χ3n) is 9.78. The van der Waals surface area contributed by atoms with Gasteiger partial charge in [-0.15, -0.1) is 0 Å². The number of hydrogen-bond acceptors (Lipinski definition) is 2. The van der Waals surface area contributed by atoms with E-state index in [-0.39, 0.29) is 17.4 Å². The van der Waals surface area contributed by atoms with Crippen LogP contribution >= 0.6 is 11.6 Å². The van der Waals surface area contributed by atoms with Crippen molar-refractivity contribution in [1.29, 1.82) is 0 Å². The van der Waals surface area contributed by atoms with Crippen LogP contribution in [0.1, 0.15) is 74.1 Å². The zero-order chi connectivity index (χ0) is 24.7. The summed E-state index contributed by atoms with van der Waals surface area (Å²) in [4.78, 5) is 20.1. The van der Waals surface area contributed by atoms with E-state index >= 15 is 0 Å². The van der Waals surface area contributed by atoms with Crippen molar-refractivity contribution in [2.24, 2.45) is 11.8 Å². The molecule has 0 bridgehead atoms. The summed E-state index contributed by atoms with van der Waals surface area (Å²) in [6.07, 6.45) is 7.44. The number of rotatable bonds is 3. The summed E-state index contributed by atoms with van der Waals surface area (Å²) < 4.78 is 14.1. The number of nitrogens with zero attached hydrogens (tertiary/aromatic N) is 1. The lowest BCUT2D eigenvalue weighted by atomic mass is 9.64. The molecule has 2 saturated heterocycles. The molecule has 1 saturated carbocycles. The van der Waals surface area contributed by atoms with Crippen LogP contribution in [0.5, 0.6) is 0 Å². The maximum atomic E-state index is 14.5. The van der Waals surface area contributed by atoms with E-state index in [1.165, 1.54) is 16.8 Å².